The Balaban J connectivity index is 1.99. The molecular weight excluding hydrogens is 246 g/mol. The van der Waals surface area contributed by atoms with Gasteiger partial charge in [-0.25, -0.2) is 0 Å². The van der Waals surface area contributed by atoms with Gasteiger partial charge in [0.2, 0.25) is 0 Å². The van der Waals surface area contributed by atoms with Gasteiger partial charge in [-0.3, -0.25) is 4.99 Å². The number of aliphatic imine (C=N–C) groups is 1. The van der Waals surface area contributed by atoms with Crippen LogP contribution in [0.25, 0.3) is 0 Å². The van der Waals surface area contributed by atoms with E-state index in [0.717, 1.165) is 25.9 Å². The van der Waals surface area contributed by atoms with Crippen LogP contribution in [0.15, 0.2) is 35.3 Å². The molecule has 3 heteroatoms. The highest BCUT2D eigenvalue weighted by molar-refractivity contribution is 5.77. The summed E-state index contributed by atoms with van der Waals surface area (Å²) in [5.74, 6) is 0.603. The van der Waals surface area contributed by atoms with Crippen molar-refractivity contribution in [3.8, 4) is 0 Å². The van der Waals surface area contributed by atoms with E-state index in [-0.39, 0.29) is 0 Å². The van der Waals surface area contributed by atoms with Crippen LogP contribution >= 0.6 is 0 Å². The minimum absolute atomic E-state index is 0.319. The predicted octanol–water partition coefficient (Wildman–Crippen LogP) is 3.10. The highest BCUT2D eigenvalue weighted by Crippen LogP contribution is 2.41. The summed E-state index contributed by atoms with van der Waals surface area (Å²) in [4.78, 5) is 4.60. The van der Waals surface area contributed by atoms with Crippen LogP contribution in [0.5, 0.6) is 0 Å². The zero-order valence-electron chi connectivity index (χ0n) is 12.6. The summed E-state index contributed by atoms with van der Waals surface area (Å²) in [6, 6.07) is 10.8. The molecule has 1 aromatic rings. The van der Waals surface area contributed by atoms with Gasteiger partial charge in [-0.1, -0.05) is 50.1 Å². The van der Waals surface area contributed by atoms with Gasteiger partial charge in [-0.05, 0) is 36.7 Å². The number of nitrogens with one attached hydrogen (secondary N) is 1. The molecule has 3 nitrogen and oxygen atoms in total. The second-order valence-electron chi connectivity index (χ2n) is 6.00. The topological polar surface area (TPSA) is 50.4 Å². The van der Waals surface area contributed by atoms with Crippen LogP contribution in [0.1, 0.15) is 44.6 Å². The monoisotopic (exact) mass is 273 g/mol. The smallest absolute Gasteiger partial charge is 0.188 e. The molecule has 0 unspecified atom stereocenters. The Kier molecular flexibility index (Phi) is 5.45. The fourth-order valence-corrected chi connectivity index (χ4v) is 3.11. The van der Waals surface area contributed by atoms with Crippen molar-refractivity contribution >= 4 is 5.96 Å². The normalized spacial score (nSPS) is 18.1. The number of rotatable bonds is 6. The first-order chi connectivity index (χ1) is 9.74. The van der Waals surface area contributed by atoms with Gasteiger partial charge >= 0.3 is 0 Å². The number of benzene rings is 1. The molecule has 0 heterocycles. The number of hydrogen-bond donors (Lipinski definition) is 2. The quantitative estimate of drug-likeness (QED) is 0.618. The average Bonchev–Trinajstić information content (AvgIpc) is 2.93. The SMILES string of the molecule is CCCNC(N)=NCC1(Cc2ccccc2)CCCC1. The Morgan fingerprint density at radius 2 is 1.95 bits per heavy atom. The van der Waals surface area contributed by atoms with Crippen molar-refractivity contribution < 1.29 is 0 Å². The van der Waals surface area contributed by atoms with E-state index in [0.29, 0.717) is 11.4 Å². The number of hydrogen-bond acceptors (Lipinski definition) is 1. The lowest BCUT2D eigenvalue weighted by Gasteiger charge is -2.27. The van der Waals surface area contributed by atoms with Crippen molar-refractivity contribution in [1.29, 1.82) is 0 Å². The minimum atomic E-state index is 0.319. The molecule has 0 atom stereocenters. The van der Waals surface area contributed by atoms with E-state index in [1.54, 1.807) is 0 Å². The van der Waals surface area contributed by atoms with Crippen molar-refractivity contribution in [1.82, 2.24) is 5.32 Å². The molecule has 0 spiro atoms. The van der Waals surface area contributed by atoms with Gasteiger partial charge in [0.05, 0.1) is 0 Å². The highest BCUT2D eigenvalue weighted by Gasteiger charge is 2.33. The van der Waals surface area contributed by atoms with Gasteiger partial charge in [-0.2, -0.15) is 0 Å². The Bertz CT molecular complexity index is 419. The molecule has 2 rings (SSSR count). The Morgan fingerprint density at radius 1 is 1.25 bits per heavy atom. The van der Waals surface area contributed by atoms with E-state index < -0.39 is 0 Å². The molecule has 20 heavy (non-hydrogen) atoms. The minimum Gasteiger partial charge on any atom is -0.370 e. The van der Waals surface area contributed by atoms with Gasteiger partial charge in [-0.15, -0.1) is 0 Å². The maximum Gasteiger partial charge on any atom is 0.188 e. The Hall–Kier alpha value is -1.51. The van der Waals surface area contributed by atoms with Crippen molar-refractivity contribution in [3.63, 3.8) is 0 Å². The lowest BCUT2D eigenvalue weighted by atomic mass is 9.80. The Labute approximate surface area is 122 Å². The molecular formula is C17H27N3. The maximum atomic E-state index is 5.93. The second kappa shape index (κ2) is 7.32. The predicted molar refractivity (Wildman–Crippen MR) is 85.8 cm³/mol. The van der Waals surface area contributed by atoms with E-state index in [1.807, 2.05) is 0 Å². The van der Waals surface area contributed by atoms with Gasteiger partial charge in [0.1, 0.15) is 0 Å². The maximum absolute atomic E-state index is 5.93. The first-order valence-electron chi connectivity index (χ1n) is 7.82. The van der Waals surface area contributed by atoms with E-state index in [1.165, 1.54) is 31.2 Å². The zero-order chi connectivity index (χ0) is 14.3. The third kappa shape index (κ3) is 4.26. The summed E-state index contributed by atoms with van der Waals surface area (Å²) in [5.41, 5.74) is 7.67. The first-order valence-corrected chi connectivity index (χ1v) is 7.82. The van der Waals surface area contributed by atoms with Crippen molar-refractivity contribution in [2.75, 3.05) is 13.1 Å². The highest BCUT2D eigenvalue weighted by atomic mass is 15.1. The van der Waals surface area contributed by atoms with Crippen LogP contribution in [0, 0.1) is 5.41 Å². The summed E-state index contributed by atoms with van der Waals surface area (Å²) in [7, 11) is 0. The summed E-state index contributed by atoms with van der Waals surface area (Å²) >= 11 is 0. The van der Waals surface area contributed by atoms with Gasteiger partial charge < -0.3 is 11.1 Å². The molecule has 0 amide bonds. The standard InChI is InChI=1S/C17H27N3/c1-2-12-19-16(18)20-14-17(10-6-7-11-17)13-15-8-4-3-5-9-15/h3-5,8-9H,2,6-7,10-14H2,1H3,(H3,18,19,20). The molecule has 110 valence electrons. The van der Waals surface area contributed by atoms with Crippen molar-refractivity contribution in [2.24, 2.45) is 16.1 Å². The molecule has 0 saturated heterocycles. The fourth-order valence-electron chi connectivity index (χ4n) is 3.11. The lowest BCUT2D eigenvalue weighted by molar-refractivity contribution is 0.307. The average molecular weight is 273 g/mol. The van der Waals surface area contributed by atoms with Crippen LogP contribution in [0.2, 0.25) is 0 Å². The van der Waals surface area contributed by atoms with Crippen LogP contribution in [-0.4, -0.2) is 19.0 Å². The molecule has 1 aromatic carbocycles. The van der Waals surface area contributed by atoms with Gasteiger partial charge in [0.25, 0.3) is 0 Å². The van der Waals surface area contributed by atoms with Gasteiger partial charge in [0, 0.05) is 13.1 Å². The molecule has 3 N–H and O–H groups in total. The summed E-state index contributed by atoms with van der Waals surface area (Å²) in [6.45, 7) is 3.89. The number of nitrogens with zero attached hydrogens (tertiary/aromatic N) is 1. The number of guanidine groups is 1. The fraction of sp³-hybridized carbons (Fsp3) is 0.588. The largest absolute Gasteiger partial charge is 0.370 e. The van der Waals surface area contributed by atoms with Gasteiger partial charge in [0.15, 0.2) is 5.96 Å². The number of nitrogens with two attached hydrogens (primary N) is 1. The van der Waals surface area contributed by atoms with Crippen LogP contribution < -0.4 is 11.1 Å². The van der Waals surface area contributed by atoms with E-state index in [2.05, 4.69) is 47.6 Å². The lowest BCUT2D eigenvalue weighted by Crippen LogP contribution is -2.34. The molecule has 0 aromatic heterocycles. The van der Waals surface area contributed by atoms with Crippen LogP contribution in [0.3, 0.4) is 0 Å². The Morgan fingerprint density at radius 3 is 2.60 bits per heavy atom. The molecule has 1 aliphatic carbocycles. The van der Waals surface area contributed by atoms with Crippen molar-refractivity contribution in [3.05, 3.63) is 35.9 Å². The van der Waals surface area contributed by atoms with E-state index in [9.17, 15) is 0 Å². The summed E-state index contributed by atoms with van der Waals surface area (Å²) in [5, 5.41) is 3.17. The van der Waals surface area contributed by atoms with E-state index >= 15 is 0 Å². The molecule has 0 aliphatic heterocycles. The van der Waals surface area contributed by atoms with Crippen LogP contribution in [-0.2, 0) is 6.42 Å². The molecule has 1 saturated carbocycles. The first kappa shape index (κ1) is 14.9. The molecule has 0 radical (unpaired) electrons. The third-order valence-corrected chi connectivity index (χ3v) is 4.23. The third-order valence-electron chi connectivity index (χ3n) is 4.23. The van der Waals surface area contributed by atoms with E-state index in [4.69, 9.17) is 5.73 Å². The molecule has 1 fully saturated rings. The second-order valence-corrected chi connectivity index (χ2v) is 6.00. The zero-order valence-corrected chi connectivity index (χ0v) is 12.6. The van der Waals surface area contributed by atoms with Crippen molar-refractivity contribution in [2.45, 2.75) is 45.4 Å². The molecule has 1 aliphatic rings. The summed E-state index contributed by atoms with van der Waals surface area (Å²) < 4.78 is 0. The molecule has 0 bridgehead atoms. The van der Waals surface area contributed by atoms with Crippen LogP contribution in [0.4, 0.5) is 0 Å². The summed E-state index contributed by atoms with van der Waals surface area (Å²) in [6.07, 6.45) is 7.39.